The summed E-state index contributed by atoms with van der Waals surface area (Å²) in [6.45, 7) is 8.98. The zero-order valence-corrected chi connectivity index (χ0v) is 15.3. The highest BCUT2D eigenvalue weighted by Gasteiger charge is 2.28. The molecule has 3 nitrogen and oxygen atoms in total. The van der Waals surface area contributed by atoms with Gasteiger partial charge in [0.2, 0.25) is 0 Å². The lowest BCUT2D eigenvalue weighted by atomic mass is 9.87. The van der Waals surface area contributed by atoms with Crippen molar-refractivity contribution < 1.29 is 4.84 Å². The lowest BCUT2D eigenvalue weighted by Gasteiger charge is -2.29. The zero-order valence-electron chi connectivity index (χ0n) is 15.3. The maximum atomic E-state index is 5.66. The van der Waals surface area contributed by atoms with Crippen LogP contribution in [0.4, 0.5) is 0 Å². The molecule has 0 fully saturated rings. The van der Waals surface area contributed by atoms with Gasteiger partial charge in [0, 0.05) is 11.6 Å². The van der Waals surface area contributed by atoms with Crippen molar-refractivity contribution in [1.29, 1.82) is 0 Å². The zero-order chi connectivity index (χ0) is 16.7. The lowest BCUT2D eigenvalue weighted by Crippen LogP contribution is -2.42. The van der Waals surface area contributed by atoms with Gasteiger partial charge in [0.05, 0.1) is 0 Å². The smallest absolute Gasteiger partial charge is 0.153 e. The second kappa shape index (κ2) is 9.29. The highest BCUT2D eigenvalue weighted by Crippen LogP contribution is 2.32. The summed E-state index contributed by atoms with van der Waals surface area (Å²) >= 11 is 0. The summed E-state index contributed by atoms with van der Waals surface area (Å²) < 4.78 is 0. The van der Waals surface area contributed by atoms with Gasteiger partial charge in [0.1, 0.15) is 6.17 Å². The van der Waals surface area contributed by atoms with Gasteiger partial charge in [0.15, 0.2) is 5.75 Å². The van der Waals surface area contributed by atoms with Crippen LogP contribution in [0.3, 0.4) is 0 Å². The first-order chi connectivity index (χ1) is 11.2. The standard InChI is InChI=1S/C20H34N2O/c1-5-8-9-11-16(10-6-2)18(7-3)21-20-17-13-12-15(4)14-19(17)23-22-20/h12-14,16,18,20-22H,5-11H2,1-4H3. The molecule has 0 spiro atoms. The van der Waals surface area contributed by atoms with Crippen molar-refractivity contribution in [1.82, 2.24) is 10.8 Å². The van der Waals surface area contributed by atoms with E-state index in [0.29, 0.717) is 6.04 Å². The molecule has 0 aromatic heterocycles. The largest absolute Gasteiger partial charge is 0.406 e. The fourth-order valence-electron chi connectivity index (χ4n) is 3.65. The van der Waals surface area contributed by atoms with Crippen LogP contribution in [0, 0.1) is 12.8 Å². The minimum absolute atomic E-state index is 0.112. The van der Waals surface area contributed by atoms with Crippen molar-refractivity contribution in [3.05, 3.63) is 29.3 Å². The topological polar surface area (TPSA) is 33.3 Å². The number of rotatable bonds is 10. The monoisotopic (exact) mass is 318 g/mol. The molecule has 1 heterocycles. The van der Waals surface area contributed by atoms with E-state index in [1.807, 2.05) is 0 Å². The molecular formula is C20H34N2O. The highest BCUT2D eigenvalue weighted by atomic mass is 16.7. The van der Waals surface area contributed by atoms with Crippen molar-refractivity contribution in [2.75, 3.05) is 0 Å². The fourth-order valence-corrected chi connectivity index (χ4v) is 3.65. The third-order valence-corrected chi connectivity index (χ3v) is 4.99. The summed E-state index contributed by atoms with van der Waals surface area (Å²) in [7, 11) is 0. The van der Waals surface area contributed by atoms with Gasteiger partial charge in [-0.2, -0.15) is 0 Å². The second-order valence-corrected chi connectivity index (χ2v) is 6.92. The molecule has 23 heavy (non-hydrogen) atoms. The van der Waals surface area contributed by atoms with Crippen molar-refractivity contribution in [2.24, 2.45) is 5.92 Å². The summed E-state index contributed by atoms with van der Waals surface area (Å²) in [5.41, 5.74) is 5.64. The van der Waals surface area contributed by atoms with Crippen LogP contribution in [-0.4, -0.2) is 6.04 Å². The van der Waals surface area contributed by atoms with E-state index in [1.165, 1.54) is 49.7 Å². The van der Waals surface area contributed by atoms with E-state index in [1.54, 1.807) is 0 Å². The molecular weight excluding hydrogens is 284 g/mol. The predicted molar refractivity (Wildman–Crippen MR) is 97.4 cm³/mol. The molecule has 0 saturated heterocycles. The van der Waals surface area contributed by atoms with Gasteiger partial charge in [-0.1, -0.05) is 58.6 Å². The van der Waals surface area contributed by atoms with Gasteiger partial charge < -0.3 is 4.84 Å². The van der Waals surface area contributed by atoms with Crippen LogP contribution in [0.15, 0.2) is 18.2 Å². The van der Waals surface area contributed by atoms with Crippen LogP contribution in [-0.2, 0) is 0 Å². The summed E-state index contributed by atoms with van der Waals surface area (Å²) in [6.07, 6.45) is 9.18. The summed E-state index contributed by atoms with van der Waals surface area (Å²) in [6, 6.07) is 6.99. The molecule has 130 valence electrons. The van der Waals surface area contributed by atoms with Gasteiger partial charge in [-0.05, 0) is 43.7 Å². The molecule has 1 aliphatic rings. The van der Waals surface area contributed by atoms with E-state index in [-0.39, 0.29) is 6.17 Å². The Kier molecular flexibility index (Phi) is 7.38. The Morgan fingerprint density at radius 2 is 1.96 bits per heavy atom. The Morgan fingerprint density at radius 1 is 1.13 bits per heavy atom. The Hall–Kier alpha value is -1.06. The molecule has 0 saturated carbocycles. The first kappa shape index (κ1) is 18.3. The van der Waals surface area contributed by atoms with E-state index in [4.69, 9.17) is 4.84 Å². The molecule has 1 aliphatic heterocycles. The molecule has 0 aliphatic carbocycles. The number of hydrogen-bond acceptors (Lipinski definition) is 3. The third kappa shape index (κ3) is 4.95. The molecule has 1 aromatic rings. The molecule has 0 bridgehead atoms. The molecule has 2 rings (SSSR count). The van der Waals surface area contributed by atoms with Gasteiger partial charge in [-0.25, -0.2) is 0 Å². The number of aryl methyl sites for hydroxylation is 1. The number of hydrogen-bond donors (Lipinski definition) is 2. The van der Waals surface area contributed by atoms with Crippen LogP contribution >= 0.6 is 0 Å². The maximum absolute atomic E-state index is 5.66. The molecule has 3 unspecified atom stereocenters. The highest BCUT2D eigenvalue weighted by molar-refractivity contribution is 5.41. The van der Waals surface area contributed by atoms with Crippen LogP contribution < -0.4 is 15.6 Å². The lowest BCUT2D eigenvalue weighted by molar-refractivity contribution is 0.154. The van der Waals surface area contributed by atoms with Gasteiger partial charge >= 0.3 is 0 Å². The number of unbranched alkanes of at least 4 members (excludes halogenated alkanes) is 2. The van der Waals surface area contributed by atoms with Gasteiger partial charge in [-0.3, -0.25) is 5.32 Å². The fraction of sp³-hybridized carbons (Fsp3) is 0.700. The second-order valence-electron chi connectivity index (χ2n) is 6.92. The van der Waals surface area contributed by atoms with E-state index < -0.39 is 0 Å². The summed E-state index contributed by atoms with van der Waals surface area (Å²) in [5, 5.41) is 3.82. The normalized spacial score (nSPS) is 19.2. The van der Waals surface area contributed by atoms with Crippen LogP contribution in [0.25, 0.3) is 0 Å². The van der Waals surface area contributed by atoms with E-state index >= 15 is 0 Å². The minimum atomic E-state index is 0.112. The number of hydroxylamine groups is 1. The van der Waals surface area contributed by atoms with E-state index in [2.05, 4.69) is 56.7 Å². The van der Waals surface area contributed by atoms with Crippen LogP contribution in [0.5, 0.6) is 5.75 Å². The molecule has 3 heteroatoms. The van der Waals surface area contributed by atoms with Crippen molar-refractivity contribution in [3.63, 3.8) is 0 Å². The first-order valence-corrected chi connectivity index (χ1v) is 9.48. The molecule has 2 N–H and O–H groups in total. The third-order valence-electron chi connectivity index (χ3n) is 4.99. The molecule has 0 amide bonds. The average Bonchev–Trinajstić information content (AvgIpc) is 2.94. The molecule has 1 aromatic carbocycles. The van der Waals surface area contributed by atoms with Gasteiger partial charge in [0.25, 0.3) is 0 Å². The summed E-state index contributed by atoms with van der Waals surface area (Å²) in [4.78, 5) is 5.66. The maximum Gasteiger partial charge on any atom is 0.153 e. The Bertz CT molecular complexity index is 475. The Balaban J connectivity index is 2.00. The summed E-state index contributed by atoms with van der Waals surface area (Å²) in [5.74, 6) is 1.73. The minimum Gasteiger partial charge on any atom is -0.406 e. The Morgan fingerprint density at radius 3 is 2.65 bits per heavy atom. The quantitative estimate of drug-likeness (QED) is 0.578. The van der Waals surface area contributed by atoms with E-state index in [0.717, 1.165) is 18.1 Å². The predicted octanol–water partition coefficient (Wildman–Crippen LogP) is 5.26. The number of nitrogens with one attached hydrogen (secondary N) is 2. The average molecular weight is 319 g/mol. The van der Waals surface area contributed by atoms with Crippen molar-refractivity contribution >= 4 is 0 Å². The molecule has 0 radical (unpaired) electrons. The van der Waals surface area contributed by atoms with Crippen molar-refractivity contribution in [3.8, 4) is 5.75 Å². The molecule has 3 atom stereocenters. The SMILES string of the molecule is CCCCCC(CCC)C(CC)NC1NOc2cc(C)ccc21. The first-order valence-electron chi connectivity index (χ1n) is 9.48. The van der Waals surface area contributed by atoms with E-state index in [9.17, 15) is 0 Å². The Labute approximate surface area is 142 Å². The van der Waals surface area contributed by atoms with Gasteiger partial charge in [-0.15, -0.1) is 5.48 Å². The van der Waals surface area contributed by atoms with Crippen LogP contribution in [0.1, 0.15) is 83.0 Å². The van der Waals surface area contributed by atoms with Crippen molar-refractivity contribution in [2.45, 2.75) is 84.8 Å². The van der Waals surface area contributed by atoms with Crippen LogP contribution in [0.2, 0.25) is 0 Å². The number of fused-ring (bicyclic) bond motifs is 1. The number of benzene rings is 1.